The number of rotatable bonds is 5. The largest absolute Gasteiger partial charge is 0.479 e. The first-order valence-electron chi connectivity index (χ1n) is 6.61. The maximum atomic E-state index is 12.0. The van der Waals surface area contributed by atoms with E-state index in [1.165, 1.54) is 0 Å². The van der Waals surface area contributed by atoms with Gasteiger partial charge in [-0.15, -0.1) is 0 Å². The number of thiol groups is 1. The van der Waals surface area contributed by atoms with Crippen molar-refractivity contribution in [1.82, 2.24) is 5.32 Å². The molecule has 0 aromatic rings. The molecule has 0 radical (unpaired) electrons. The van der Waals surface area contributed by atoms with Crippen LogP contribution >= 0.6 is 12.6 Å². The summed E-state index contributed by atoms with van der Waals surface area (Å²) < 4.78 is 5.18. The van der Waals surface area contributed by atoms with Crippen molar-refractivity contribution >= 4 is 32.8 Å². The highest BCUT2D eigenvalue weighted by Crippen LogP contribution is 2.34. The number of hydrogen-bond acceptors (Lipinski definition) is 4. The average Bonchev–Trinajstić information content (AvgIpc) is 2.20. The molecule has 1 unspecified atom stereocenters. The van der Waals surface area contributed by atoms with E-state index in [0.29, 0.717) is 0 Å². The fourth-order valence-corrected chi connectivity index (χ4v) is 4.25. The summed E-state index contributed by atoms with van der Waals surface area (Å²) in [6.45, 7) is 13.3. The second kappa shape index (κ2) is 6.38. The van der Waals surface area contributed by atoms with E-state index in [1.54, 1.807) is 20.8 Å². The molecular weight excluding hydrogens is 294 g/mol. The predicted molar refractivity (Wildman–Crippen MR) is 86.4 cm³/mol. The molecule has 118 valence electrons. The lowest BCUT2D eigenvalue weighted by molar-refractivity contribution is -0.144. The summed E-state index contributed by atoms with van der Waals surface area (Å²) in [5, 5.41) is 12.1. The Hall–Kier alpha value is -0.693. The molecule has 20 heavy (non-hydrogen) atoms. The van der Waals surface area contributed by atoms with Crippen LogP contribution < -0.4 is 5.32 Å². The van der Waals surface area contributed by atoms with E-state index in [1.807, 2.05) is 6.92 Å². The Kier molecular flexibility index (Phi) is 6.16. The first kappa shape index (κ1) is 19.3. The smallest absolute Gasteiger partial charge is 0.408 e. The van der Waals surface area contributed by atoms with Gasteiger partial charge in [-0.1, -0.05) is 26.6 Å². The molecule has 2 N–H and O–H groups in total. The van der Waals surface area contributed by atoms with Gasteiger partial charge in [-0.2, -0.15) is 12.6 Å². The van der Waals surface area contributed by atoms with Crippen molar-refractivity contribution < 1.29 is 19.4 Å². The SMILES string of the molecule is CC([C@@](CS)(NC(=O)OC(C)(C)C)C(=O)O)[Si](C)(C)C. The first-order chi connectivity index (χ1) is 8.76. The number of nitrogens with one attached hydrogen (secondary N) is 1. The summed E-state index contributed by atoms with van der Waals surface area (Å²) in [4.78, 5) is 23.7. The van der Waals surface area contributed by atoms with Crippen LogP contribution in [0.1, 0.15) is 27.7 Å². The van der Waals surface area contributed by atoms with Gasteiger partial charge in [0.05, 0.1) is 8.07 Å². The molecular formula is C13H27NO4SSi. The average molecular weight is 322 g/mol. The highest BCUT2D eigenvalue weighted by Gasteiger charge is 2.49. The third-order valence-corrected chi connectivity index (χ3v) is 6.98. The molecule has 0 bridgehead atoms. The van der Waals surface area contributed by atoms with E-state index < -0.39 is 31.3 Å². The minimum Gasteiger partial charge on any atom is -0.479 e. The molecule has 0 saturated carbocycles. The van der Waals surface area contributed by atoms with Crippen LogP contribution in [-0.2, 0) is 9.53 Å². The van der Waals surface area contributed by atoms with Crippen LogP contribution in [0.25, 0.3) is 0 Å². The number of alkyl carbamates (subject to hydrolysis) is 1. The van der Waals surface area contributed by atoms with Crippen molar-refractivity contribution in [3.05, 3.63) is 0 Å². The second-order valence-electron chi connectivity index (χ2n) is 7.15. The molecule has 0 heterocycles. The Morgan fingerprint density at radius 3 is 2.00 bits per heavy atom. The number of ether oxygens (including phenoxy) is 1. The minimum absolute atomic E-state index is 0.0208. The molecule has 0 aromatic carbocycles. The molecule has 0 aliphatic heterocycles. The molecule has 0 aromatic heterocycles. The number of carboxylic acid groups (broad SMARTS) is 1. The summed E-state index contributed by atoms with van der Waals surface area (Å²) in [6.07, 6.45) is -0.723. The van der Waals surface area contributed by atoms with Crippen molar-refractivity contribution in [2.75, 3.05) is 5.75 Å². The van der Waals surface area contributed by atoms with Crippen molar-refractivity contribution in [3.63, 3.8) is 0 Å². The Morgan fingerprint density at radius 2 is 1.75 bits per heavy atom. The van der Waals surface area contributed by atoms with Gasteiger partial charge in [0.15, 0.2) is 0 Å². The van der Waals surface area contributed by atoms with Gasteiger partial charge in [0, 0.05) is 5.75 Å². The van der Waals surface area contributed by atoms with Gasteiger partial charge in [0.1, 0.15) is 11.1 Å². The van der Waals surface area contributed by atoms with Crippen LogP contribution in [0, 0.1) is 0 Å². The van der Waals surface area contributed by atoms with Crippen LogP contribution in [0.2, 0.25) is 25.2 Å². The summed E-state index contributed by atoms with van der Waals surface area (Å²) in [5.74, 6) is -1.05. The van der Waals surface area contributed by atoms with Gasteiger partial charge in [-0.05, 0) is 26.3 Å². The number of carbonyl (C=O) groups is 2. The molecule has 0 spiro atoms. The first-order valence-corrected chi connectivity index (χ1v) is 10.8. The highest BCUT2D eigenvalue weighted by molar-refractivity contribution is 7.80. The van der Waals surface area contributed by atoms with Gasteiger partial charge < -0.3 is 15.2 Å². The molecule has 1 amide bonds. The normalized spacial score (nSPS) is 17.0. The highest BCUT2D eigenvalue weighted by atomic mass is 32.1. The zero-order chi connectivity index (χ0) is 16.4. The van der Waals surface area contributed by atoms with Crippen molar-refractivity contribution in [2.45, 2.75) is 64.0 Å². The van der Waals surface area contributed by atoms with E-state index in [-0.39, 0.29) is 11.3 Å². The van der Waals surface area contributed by atoms with E-state index in [2.05, 4.69) is 37.6 Å². The number of hydrogen-bond donors (Lipinski definition) is 3. The lowest BCUT2D eigenvalue weighted by atomic mass is 9.98. The van der Waals surface area contributed by atoms with Gasteiger partial charge in [-0.3, -0.25) is 0 Å². The third kappa shape index (κ3) is 5.01. The van der Waals surface area contributed by atoms with Crippen LogP contribution in [0.15, 0.2) is 0 Å². The molecule has 0 fully saturated rings. The second-order valence-corrected chi connectivity index (χ2v) is 13.1. The molecule has 2 atom stereocenters. The molecule has 0 aliphatic rings. The van der Waals surface area contributed by atoms with Crippen molar-refractivity contribution in [1.29, 1.82) is 0 Å². The van der Waals surface area contributed by atoms with Crippen molar-refractivity contribution in [2.24, 2.45) is 0 Å². The van der Waals surface area contributed by atoms with Gasteiger partial charge in [0.2, 0.25) is 0 Å². The predicted octanol–water partition coefficient (Wildman–Crippen LogP) is 2.99. The number of aliphatic carboxylic acids is 1. The lowest BCUT2D eigenvalue weighted by Crippen LogP contribution is -2.63. The Balaban J connectivity index is 5.38. The van der Waals surface area contributed by atoms with Crippen LogP contribution in [0.3, 0.4) is 0 Å². The minimum atomic E-state index is -1.81. The number of amides is 1. The topological polar surface area (TPSA) is 75.6 Å². The van der Waals surface area contributed by atoms with Gasteiger partial charge in [-0.25, -0.2) is 9.59 Å². The van der Waals surface area contributed by atoms with Crippen LogP contribution in [-0.4, -0.2) is 42.1 Å². The molecule has 0 saturated heterocycles. The zero-order valence-corrected chi connectivity index (χ0v) is 15.3. The molecule has 7 heteroatoms. The molecule has 5 nitrogen and oxygen atoms in total. The van der Waals surface area contributed by atoms with Gasteiger partial charge in [0.25, 0.3) is 0 Å². The molecule has 0 rings (SSSR count). The van der Waals surface area contributed by atoms with E-state index >= 15 is 0 Å². The Labute approximate surface area is 127 Å². The molecule has 0 aliphatic carbocycles. The maximum Gasteiger partial charge on any atom is 0.408 e. The number of carboxylic acids is 1. The van der Waals surface area contributed by atoms with Crippen molar-refractivity contribution in [3.8, 4) is 0 Å². The zero-order valence-electron chi connectivity index (χ0n) is 13.4. The van der Waals surface area contributed by atoms with Crippen LogP contribution in [0.4, 0.5) is 4.79 Å². The Morgan fingerprint density at radius 1 is 1.30 bits per heavy atom. The summed E-state index contributed by atoms with van der Waals surface area (Å²) >= 11 is 4.17. The van der Waals surface area contributed by atoms with E-state index in [0.717, 1.165) is 0 Å². The number of carbonyl (C=O) groups excluding carboxylic acids is 1. The standard InChI is InChI=1S/C13H27NO4SSi/c1-9(20(5,6)7)13(8-19,10(15)16)14-11(17)18-12(2,3)4/h9,19H,8H2,1-7H3,(H,14,17)(H,15,16)/t9?,13-/m1/s1. The fraction of sp³-hybridized carbons (Fsp3) is 0.846. The van der Waals surface area contributed by atoms with Crippen LogP contribution in [0.5, 0.6) is 0 Å². The third-order valence-electron chi connectivity index (χ3n) is 3.39. The van der Waals surface area contributed by atoms with E-state index in [9.17, 15) is 14.7 Å². The Bertz CT molecular complexity index is 376. The summed E-state index contributed by atoms with van der Waals surface area (Å²) in [7, 11) is -1.81. The maximum absolute atomic E-state index is 12.0. The summed E-state index contributed by atoms with van der Waals surface area (Å²) in [6, 6.07) is 0. The van der Waals surface area contributed by atoms with Gasteiger partial charge >= 0.3 is 12.1 Å². The van der Waals surface area contributed by atoms with E-state index in [4.69, 9.17) is 4.74 Å². The summed E-state index contributed by atoms with van der Waals surface area (Å²) in [5.41, 5.74) is -2.28. The lowest BCUT2D eigenvalue weighted by Gasteiger charge is -2.41. The quantitative estimate of drug-likeness (QED) is 0.537. The monoisotopic (exact) mass is 321 g/mol. The fourth-order valence-electron chi connectivity index (χ4n) is 1.82.